The number of aryl methyl sites for hydroxylation is 1. The van der Waals surface area contributed by atoms with Gasteiger partial charge in [-0.05, 0) is 19.8 Å². The molecule has 1 heterocycles. The molecule has 0 atom stereocenters. The Labute approximate surface area is 96.9 Å². The molecule has 0 saturated heterocycles. The molecule has 0 amide bonds. The molecule has 1 N–H and O–H groups in total. The molecular formula is C12H21N3O. The van der Waals surface area contributed by atoms with E-state index in [0.717, 1.165) is 19.6 Å². The van der Waals surface area contributed by atoms with Crippen molar-refractivity contribution in [3.63, 3.8) is 0 Å². The van der Waals surface area contributed by atoms with E-state index in [2.05, 4.69) is 21.4 Å². The van der Waals surface area contributed by atoms with E-state index in [9.17, 15) is 0 Å². The van der Waals surface area contributed by atoms with Gasteiger partial charge in [0, 0.05) is 31.9 Å². The summed E-state index contributed by atoms with van der Waals surface area (Å²) < 4.78 is 2.17. The van der Waals surface area contributed by atoms with E-state index < -0.39 is 0 Å². The number of hydrogen-bond acceptors (Lipinski definition) is 3. The lowest BCUT2D eigenvalue weighted by molar-refractivity contribution is 0.0923. The van der Waals surface area contributed by atoms with Crippen molar-refractivity contribution in [1.29, 1.82) is 0 Å². The normalized spacial score (nSPS) is 16.7. The van der Waals surface area contributed by atoms with Crippen LogP contribution in [0.5, 0.6) is 0 Å². The number of rotatable bonds is 6. The standard InChI is InChI=1S/C12H21N3O/c1-2-14-10-13-8-12(14)9-15(6-7-16)11-4-3-5-11/h8,10-11,16H,2-7,9H2,1H3. The Hall–Kier alpha value is -0.870. The van der Waals surface area contributed by atoms with Gasteiger partial charge in [0.25, 0.3) is 0 Å². The average molecular weight is 223 g/mol. The first kappa shape index (κ1) is 11.6. The van der Waals surface area contributed by atoms with Gasteiger partial charge in [-0.3, -0.25) is 4.90 Å². The summed E-state index contributed by atoms with van der Waals surface area (Å²) in [7, 11) is 0. The summed E-state index contributed by atoms with van der Waals surface area (Å²) in [5.74, 6) is 0. The topological polar surface area (TPSA) is 41.3 Å². The number of nitrogens with zero attached hydrogens (tertiary/aromatic N) is 3. The fourth-order valence-corrected chi connectivity index (χ4v) is 2.24. The predicted octanol–water partition coefficient (Wildman–Crippen LogP) is 1.25. The van der Waals surface area contributed by atoms with Crippen molar-refractivity contribution < 1.29 is 5.11 Å². The Morgan fingerprint density at radius 2 is 2.38 bits per heavy atom. The molecule has 0 aromatic carbocycles. The van der Waals surface area contributed by atoms with E-state index in [1.807, 2.05) is 12.5 Å². The molecule has 1 aliphatic carbocycles. The van der Waals surface area contributed by atoms with Crippen molar-refractivity contribution in [2.75, 3.05) is 13.2 Å². The Morgan fingerprint density at radius 3 is 2.94 bits per heavy atom. The van der Waals surface area contributed by atoms with Crippen molar-refractivity contribution >= 4 is 0 Å². The molecular weight excluding hydrogens is 202 g/mol. The highest BCUT2D eigenvalue weighted by molar-refractivity contribution is 4.99. The fourth-order valence-electron chi connectivity index (χ4n) is 2.24. The van der Waals surface area contributed by atoms with E-state index in [4.69, 9.17) is 5.11 Å². The minimum absolute atomic E-state index is 0.247. The second-order valence-corrected chi connectivity index (χ2v) is 4.45. The number of aromatic nitrogens is 2. The minimum atomic E-state index is 0.247. The Morgan fingerprint density at radius 1 is 1.56 bits per heavy atom. The molecule has 0 unspecified atom stereocenters. The van der Waals surface area contributed by atoms with Gasteiger partial charge in [0.1, 0.15) is 0 Å². The lowest BCUT2D eigenvalue weighted by atomic mass is 9.91. The van der Waals surface area contributed by atoms with Crippen LogP contribution in [-0.4, -0.2) is 38.8 Å². The van der Waals surface area contributed by atoms with Crippen LogP contribution in [0.1, 0.15) is 31.9 Å². The monoisotopic (exact) mass is 223 g/mol. The first-order valence-corrected chi connectivity index (χ1v) is 6.19. The number of aliphatic hydroxyl groups excluding tert-OH is 1. The number of imidazole rings is 1. The van der Waals surface area contributed by atoms with E-state index in [-0.39, 0.29) is 6.61 Å². The molecule has 1 aromatic heterocycles. The molecule has 4 nitrogen and oxygen atoms in total. The van der Waals surface area contributed by atoms with Gasteiger partial charge in [0.05, 0.1) is 18.6 Å². The van der Waals surface area contributed by atoms with Crippen LogP contribution in [0.3, 0.4) is 0 Å². The van der Waals surface area contributed by atoms with Crippen LogP contribution < -0.4 is 0 Å². The predicted molar refractivity (Wildman–Crippen MR) is 63.0 cm³/mol. The van der Waals surface area contributed by atoms with Crippen molar-refractivity contribution in [3.8, 4) is 0 Å². The molecule has 16 heavy (non-hydrogen) atoms. The Kier molecular flexibility index (Phi) is 3.96. The van der Waals surface area contributed by atoms with Crippen LogP contribution >= 0.6 is 0 Å². The Bertz CT molecular complexity index is 320. The maximum Gasteiger partial charge on any atom is 0.0948 e. The van der Waals surface area contributed by atoms with Gasteiger partial charge >= 0.3 is 0 Å². The average Bonchev–Trinajstić information content (AvgIpc) is 2.63. The minimum Gasteiger partial charge on any atom is -0.395 e. The lowest BCUT2D eigenvalue weighted by Crippen LogP contribution is -2.41. The molecule has 0 spiro atoms. The highest BCUT2D eigenvalue weighted by atomic mass is 16.3. The van der Waals surface area contributed by atoms with Crippen LogP contribution in [0.25, 0.3) is 0 Å². The maximum atomic E-state index is 9.10. The number of hydrogen-bond donors (Lipinski definition) is 1. The van der Waals surface area contributed by atoms with E-state index in [0.29, 0.717) is 6.04 Å². The van der Waals surface area contributed by atoms with Gasteiger partial charge in [0.15, 0.2) is 0 Å². The smallest absolute Gasteiger partial charge is 0.0948 e. The molecule has 4 heteroatoms. The van der Waals surface area contributed by atoms with Crippen LogP contribution in [0.4, 0.5) is 0 Å². The second kappa shape index (κ2) is 5.46. The summed E-state index contributed by atoms with van der Waals surface area (Å²) in [6.45, 7) is 5.03. The van der Waals surface area contributed by atoms with Crippen LogP contribution in [0.15, 0.2) is 12.5 Å². The van der Waals surface area contributed by atoms with Gasteiger partial charge in [-0.25, -0.2) is 4.98 Å². The highest BCUT2D eigenvalue weighted by Gasteiger charge is 2.25. The third-order valence-corrected chi connectivity index (χ3v) is 3.48. The summed E-state index contributed by atoms with van der Waals surface area (Å²) in [5.41, 5.74) is 1.25. The largest absolute Gasteiger partial charge is 0.395 e. The molecule has 0 radical (unpaired) electrons. The van der Waals surface area contributed by atoms with Gasteiger partial charge in [-0.15, -0.1) is 0 Å². The van der Waals surface area contributed by atoms with Crippen molar-refractivity contribution in [2.45, 2.75) is 45.3 Å². The molecule has 90 valence electrons. The van der Waals surface area contributed by atoms with E-state index >= 15 is 0 Å². The lowest BCUT2D eigenvalue weighted by Gasteiger charge is -2.37. The molecule has 1 fully saturated rings. The van der Waals surface area contributed by atoms with Gasteiger partial charge < -0.3 is 9.67 Å². The fraction of sp³-hybridized carbons (Fsp3) is 0.750. The third-order valence-electron chi connectivity index (χ3n) is 3.48. The molecule has 1 saturated carbocycles. The molecule has 1 aliphatic rings. The zero-order valence-electron chi connectivity index (χ0n) is 9.97. The van der Waals surface area contributed by atoms with Crippen LogP contribution in [0, 0.1) is 0 Å². The van der Waals surface area contributed by atoms with Crippen molar-refractivity contribution in [2.24, 2.45) is 0 Å². The molecule has 1 aromatic rings. The highest BCUT2D eigenvalue weighted by Crippen LogP contribution is 2.25. The van der Waals surface area contributed by atoms with Gasteiger partial charge in [0.2, 0.25) is 0 Å². The quantitative estimate of drug-likeness (QED) is 0.789. The molecule has 2 rings (SSSR count). The summed E-state index contributed by atoms with van der Waals surface area (Å²) in [5, 5.41) is 9.10. The summed E-state index contributed by atoms with van der Waals surface area (Å²) >= 11 is 0. The van der Waals surface area contributed by atoms with Gasteiger partial charge in [-0.1, -0.05) is 6.42 Å². The summed E-state index contributed by atoms with van der Waals surface area (Å²) in [4.78, 5) is 6.56. The maximum absolute atomic E-state index is 9.10. The second-order valence-electron chi connectivity index (χ2n) is 4.45. The first-order valence-electron chi connectivity index (χ1n) is 6.19. The summed E-state index contributed by atoms with van der Waals surface area (Å²) in [6.07, 6.45) is 7.71. The Balaban J connectivity index is 1.98. The zero-order valence-corrected chi connectivity index (χ0v) is 9.97. The van der Waals surface area contributed by atoms with Gasteiger partial charge in [-0.2, -0.15) is 0 Å². The number of aliphatic hydroxyl groups is 1. The van der Waals surface area contributed by atoms with E-state index in [1.54, 1.807) is 0 Å². The van der Waals surface area contributed by atoms with Crippen LogP contribution in [-0.2, 0) is 13.1 Å². The first-order chi connectivity index (χ1) is 7.85. The van der Waals surface area contributed by atoms with E-state index in [1.165, 1.54) is 25.0 Å². The van der Waals surface area contributed by atoms with Crippen LogP contribution in [0.2, 0.25) is 0 Å². The van der Waals surface area contributed by atoms with Crippen molar-refractivity contribution in [1.82, 2.24) is 14.5 Å². The third kappa shape index (κ3) is 2.44. The summed E-state index contributed by atoms with van der Waals surface area (Å²) in [6, 6.07) is 0.673. The SMILES string of the molecule is CCn1cncc1CN(CCO)C1CCC1. The zero-order chi connectivity index (χ0) is 11.4. The van der Waals surface area contributed by atoms with Crippen molar-refractivity contribution in [3.05, 3.63) is 18.2 Å². The molecule has 0 aliphatic heterocycles. The molecule has 0 bridgehead atoms.